The van der Waals surface area contributed by atoms with Gasteiger partial charge in [0.25, 0.3) is 0 Å². The van der Waals surface area contributed by atoms with Gasteiger partial charge in [-0.15, -0.1) is 12.4 Å². The van der Waals surface area contributed by atoms with Crippen LogP contribution in [0, 0.1) is 11.7 Å². The predicted molar refractivity (Wildman–Crippen MR) is 75.8 cm³/mol. The summed E-state index contributed by atoms with van der Waals surface area (Å²) in [5, 5.41) is 6.87. The number of nitrogens with one attached hydrogen (secondary N) is 2. The highest BCUT2D eigenvalue weighted by Gasteiger charge is 2.11. The van der Waals surface area contributed by atoms with Crippen molar-refractivity contribution in [1.82, 2.24) is 10.6 Å². The van der Waals surface area contributed by atoms with E-state index in [0.717, 1.165) is 38.5 Å². The molecule has 18 heavy (non-hydrogen) atoms. The Bertz CT molecular complexity index is 323. The van der Waals surface area contributed by atoms with Gasteiger partial charge in [-0.3, -0.25) is 0 Å². The first-order valence-corrected chi connectivity index (χ1v) is 6.50. The Morgan fingerprint density at radius 2 is 1.83 bits per heavy atom. The summed E-state index contributed by atoms with van der Waals surface area (Å²) in [7, 11) is 0. The maximum absolute atomic E-state index is 12.7. The van der Waals surface area contributed by atoms with Crippen LogP contribution >= 0.6 is 12.4 Å². The van der Waals surface area contributed by atoms with Gasteiger partial charge in [0.15, 0.2) is 0 Å². The number of piperidine rings is 1. The van der Waals surface area contributed by atoms with Crippen molar-refractivity contribution in [1.29, 1.82) is 0 Å². The molecule has 0 amide bonds. The van der Waals surface area contributed by atoms with Crippen molar-refractivity contribution in [2.45, 2.75) is 19.3 Å². The molecule has 1 aliphatic rings. The summed E-state index contributed by atoms with van der Waals surface area (Å²) >= 11 is 0. The van der Waals surface area contributed by atoms with Crippen LogP contribution in [0.2, 0.25) is 0 Å². The summed E-state index contributed by atoms with van der Waals surface area (Å²) in [6, 6.07) is 6.79. The molecule has 0 atom stereocenters. The van der Waals surface area contributed by atoms with E-state index in [4.69, 9.17) is 0 Å². The molecule has 0 spiro atoms. The lowest BCUT2D eigenvalue weighted by Crippen LogP contribution is -2.34. The fraction of sp³-hybridized carbons (Fsp3) is 0.571. The third kappa shape index (κ3) is 5.34. The molecule has 0 aliphatic carbocycles. The molecule has 0 bridgehead atoms. The van der Waals surface area contributed by atoms with Crippen LogP contribution in [-0.2, 0) is 6.42 Å². The summed E-state index contributed by atoms with van der Waals surface area (Å²) in [5.41, 5.74) is 1.20. The molecule has 1 aromatic rings. The fourth-order valence-electron chi connectivity index (χ4n) is 2.28. The molecule has 2 nitrogen and oxygen atoms in total. The zero-order valence-corrected chi connectivity index (χ0v) is 11.4. The summed E-state index contributed by atoms with van der Waals surface area (Å²) in [6.45, 7) is 4.41. The van der Waals surface area contributed by atoms with Gasteiger partial charge in [0.1, 0.15) is 5.82 Å². The minimum absolute atomic E-state index is 0. The maximum atomic E-state index is 12.7. The Kier molecular flexibility index (Phi) is 7.25. The monoisotopic (exact) mass is 272 g/mol. The molecule has 0 unspecified atom stereocenters. The highest BCUT2D eigenvalue weighted by atomic mass is 35.5. The molecule has 1 aliphatic heterocycles. The zero-order chi connectivity index (χ0) is 11.9. The Morgan fingerprint density at radius 1 is 1.17 bits per heavy atom. The van der Waals surface area contributed by atoms with Crippen LogP contribution in [0.4, 0.5) is 4.39 Å². The number of rotatable bonds is 5. The van der Waals surface area contributed by atoms with Crippen molar-refractivity contribution in [3.8, 4) is 0 Å². The van der Waals surface area contributed by atoms with Gasteiger partial charge in [-0.1, -0.05) is 12.1 Å². The summed E-state index contributed by atoms with van der Waals surface area (Å²) < 4.78 is 12.7. The van der Waals surface area contributed by atoms with Gasteiger partial charge in [-0.05, 0) is 69.1 Å². The average Bonchev–Trinajstić information content (AvgIpc) is 2.38. The van der Waals surface area contributed by atoms with Crippen molar-refractivity contribution in [2.75, 3.05) is 26.2 Å². The molecule has 0 aromatic heterocycles. The molecule has 1 aromatic carbocycles. The fourth-order valence-corrected chi connectivity index (χ4v) is 2.28. The molecule has 0 radical (unpaired) electrons. The van der Waals surface area contributed by atoms with E-state index in [1.54, 1.807) is 0 Å². The second-order valence-corrected chi connectivity index (χ2v) is 4.77. The van der Waals surface area contributed by atoms with E-state index in [-0.39, 0.29) is 18.2 Å². The average molecular weight is 273 g/mol. The normalized spacial score (nSPS) is 16.3. The zero-order valence-electron chi connectivity index (χ0n) is 10.6. The molecule has 0 saturated carbocycles. The first-order valence-electron chi connectivity index (χ1n) is 6.50. The summed E-state index contributed by atoms with van der Waals surface area (Å²) in [5.74, 6) is 0.667. The minimum Gasteiger partial charge on any atom is -0.317 e. The molecule has 102 valence electrons. The van der Waals surface area contributed by atoms with Gasteiger partial charge in [0, 0.05) is 0 Å². The second-order valence-electron chi connectivity index (χ2n) is 4.77. The smallest absolute Gasteiger partial charge is 0.123 e. The van der Waals surface area contributed by atoms with Crippen molar-refractivity contribution in [3.63, 3.8) is 0 Å². The van der Waals surface area contributed by atoms with E-state index in [1.165, 1.54) is 30.5 Å². The highest BCUT2D eigenvalue weighted by molar-refractivity contribution is 5.85. The van der Waals surface area contributed by atoms with Gasteiger partial charge in [0.2, 0.25) is 0 Å². The number of halogens is 2. The first kappa shape index (κ1) is 15.4. The van der Waals surface area contributed by atoms with E-state index >= 15 is 0 Å². The number of benzene rings is 1. The lowest BCUT2D eigenvalue weighted by Gasteiger charge is -2.22. The Hall–Kier alpha value is -0.640. The maximum Gasteiger partial charge on any atom is 0.123 e. The van der Waals surface area contributed by atoms with Gasteiger partial charge >= 0.3 is 0 Å². The quantitative estimate of drug-likeness (QED) is 0.805. The topological polar surface area (TPSA) is 24.1 Å². The van der Waals surface area contributed by atoms with Gasteiger partial charge in [0.05, 0.1) is 0 Å². The van der Waals surface area contributed by atoms with E-state index < -0.39 is 0 Å². The minimum atomic E-state index is -0.156. The van der Waals surface area contributed by atoms with Crippen molar-refractivity contribution >= 4 is 12.4 Å². The van der Waals surface area contributed by atoms with Crippen molar-refractivity contribution in [2.24, 2.45) is 5.92 Å². The number of hydrogen-bond acceptors (Lipinski definition) is 2. The third-order valence-corrected chi connectivity index (χ3v) is 3.40. The molecule has 1 fully saturated rings. The predicted octanol–water partition coefficient (Wildman–Crippen LogP) is 2.38. The Balaban J connectivity index is 0.00000162. The Morgan fingerprint density at radius 3 is 2.50 bits per heavy atom. The lowest BCUT2D eigenvalue weighted by atomic mass is 9.98. The van der Waals surface area contributed by atoms with E-state index in [1.807, 2.05) is 12.1 Å². The van der Waals surface area contributed by atoms with E-state index in [2.05, 4.69) is 10.6 Å². The lowest BCUT2D eigenvalue weighted by molar-refractivity contribution is 0.358. The Labute approximate surface area is 115 Å². The molecule has 4 heteroatoms. The van der Waals surface area contributed by atoms with Gasteiger partial charge in [-0.2, -0.15) is 0 Å². The van der Waals surface area contributed by atoms with Crippen LogP contribution in [0.15, 0.2) is 24.3 Å². The van der Waals surface area contributed by atoms with Gasteiger partial charge < -0.3 is 10.6 Å². The highest BCUT2D eigenvalue weighted by Crippen LogP contribution is 2.09. The van der Waals surface area contributed by atoms with E-state index in [0.29, 0.717) is 0 Å². The summed E-state index contributed by atoms with van der Waals surface area (Å²) in [4.78, 5) is 0. The van der Waals surface area contributed by atoms with E-state index in [9.17, 15) is 4.39 Å². The van der Waals surface area contributed by atoms with Crippen LogP contribution in [0.5, 0.6) is 0 Å². The van der Waals surface area contributed by atoms with Crippen LogP contribution in [-0.4, -0.2) is 26.2 Å². The number of hydrogen-bond donors (Lipinski definition) is 2. The molecule has 2 N–H and O–H groups in total. The first-order chi connectivity index (χ1) is 8.34. The summed E-state index contributed by atoms with van der Waals surface area (Å²) in [6.07, 6.45) is 3.54. The van der Waals surface area contributed by atoms with Crippen LogP contribution < -0.4 is 10.6 Å². The molecular formula is C14H22ClFN2. The SMILES string of the molecule is Cl.Fc1ccc(CCNCC2CCNCC2)cc1. The molecule has 2 rings (SSSR count). The largest absolute Gasteiger partial charge is 0.317 e. The molecule has 1 saturated heterocycles. The second kappa shape index (κ2) is 8.46. The van der Waals surface area contributed by atoms with Crippen LogP contribution in [0.1, 0.15) is 18.4 Å². The van der Waals surface area contributed by atoms with Crippen molar-refractivity contribution < 1.29 is 4.39 Å². The van der Waals surface area contributed by atoms with Gasteiger partial charge in [-0.25, -0.2) is 4.39 Å². The van der Waals surface area contributed by atoms with Crippen molar-refractivity contribution in [3.05, 3.63) is 35.6 Å². The molecular weight excluding hydrogens is 251 g/mol. The van der Waals surface area contributed by atoms with Crippen LogP contribution in [0.25, 0.3) is 0 Å². The third-order valence-electron chi connectivity index (χ3n) is 3.40. The molecule has 1 heterocycles. The van der Waals surface area contributed by atoms with Crippen LogP contribution in [0.3, 0.4) is 0 Å². The standard InChI is InChI=1S/C14H21FN2.ClH/c15-14-3-1-12(2-4-14)5-10-17-11-13-6-8-16-9-7-13;/h1-4,13,16-17H,5-11H2;1H.